The normalized spacial score (nSPS) is 10.2. The third kappa shape index (κ3) is 3.07. The van der Waals surface area contributed by atoms with Crippen LogP contribution < -0.4 is 5.32 Å². The molecule has 0 fully saturated rings. The van der Waals surface area contributed by atoms with Crippen molar-refractivity contribution < 1.29 is 9.90 Å². The van der Waals surface area contributed by atoms with Gasteiger partial charge in [0.2, 0.25) is 0 Å². The van der Waals surface area contributed by atoms with E-state index in [1.54, 1.807) is 19.2 Å². The van der Waals surface area contributed by atoms with Crippen molar-refractivity contribution >= 4 is 11.7 Å². The molecule has 2 N–H and O–H groups in total. The van der Waals surface area contributed by atoms with Crippen molar-refractivity contribution in [1.29, 1.82) is 0 Å². The second-order valence-corrected chi connectivity index (χ2v) is 4.25. The molecule has 0 aromatic carbocycles. The van der Waals surface area contributed by atoms with E-state index in [0.717, 1.165) is 11.4 Å². The number of nitrogens with one attached hydrogen (secondary N) is 1. The number of hydrogen-bond donors (Lipinski definition) is 2. The van der Waals surface area contributed by atoms with Gasteiger partial charge in [-0.05, 0) is 32.0 Å². The molecule has 0 saturated heterocycles. The Morgan fingerprint density at radius 3 is 2.79 bits per heavy atom. The highest BCUT2D eigenvalue weighted by atomic mass is 16.4. The van der Waals surface area contributed by atoms with Gasteiger partial charge in [0, 0.05) is 11.9 Å². The van der Waals surface area contributed by atoms with Crippen molar-refractivity contribution in [2.45, 2.75) is 20.4 Å². The number of carboxylic acid groups (broad SMARTS) is 1. The fourth-order valence-electron chi connectivity index (χ4n) is 1.93. The van der Waals surface area contributed by atoms with Gasteiger partial charge in [0.25, 0.3) is 0 Å². The van der Waals surface area contributed by atoms with E-state index >= 15 is 0 Å². The number of carboxylic acids is 1. The summed E-state index contributed by atoms with van der Waals surface area (Å²) >= 11 is 0. The fraction of sp³-hybridized carbons (Fsp3) is 0.214. The number of pyridine rings is 2. The summed E-state index contributed by atoms with van der Waals surface area (Å²) in [6.07, 6.45) is 1.71. The van der Waals surface area contributed by atoms with Crippen LogP contribution in [0.4, 0.5) is 5.69 Å². The van der Waals surface area contributed by atoms with Crippen LogP contribution in [0.3, 0.4) is 0 Å². The van der Waals surface area contributed by atoms with Gasteiger partial charge in [-0.25, -0.2) is 4.79 Å². The third-order valence-electron chi connectivity index (χ3n) is 2.73. The Labute approximate surface area is 111 Å². The Kier molecular flexibility index (Phi) is 3.75. The second-order valence-electron chi connectivity index (χ2n) is 4.25. The SMILES string of the molecule is Cc1cc(NCc2ccccn2)c(C(=O)O)c(C)n1. The summed E-state index contributed by atoms with van der Waals surface area (Å²) in [4.78, 5) is 19.6. The quantitative estimate of drug-likeness (QED) is 0.879. The van der Waals surface area contributed by atoms with Gasteiger partial charge in [0.1, 0.15) is 5.56 Å². The molecule has 0 unspecified atom stereocenters. The molecule has 19 heavy (non-hydrogen) atoms. The van der Waals surface area contributed by atoms with Crippen LogP contribution in [0.1, 0.15) is 27.4 Å². The predicted molar refractivity (Wildman–Crippen MR) is 72.2 cm³/mol. The van der Waals surface area contributed by atoms with E-state index in [4.69, 9.17) is 0 Å². The Morgan fingerprint density at radius 1 is 1.37 bits per heavy atom. The monoisotopic (exact) mass is 257 g/mol. The van der Waals surface area contributed by atoms with Gasteiger partial charge < -0.3 is 10.4 Å². The molecule has 98 valence electrons. The average Bonchev–Trinajstić information content (AvgIpc) is 2.36. The van der Waals surface area contributed by atoms with Crippen molar-refractivity contribution in [3.05, 3.63) is 53.1 Å². The first-order valence-corrected chi connectivity index (χ1v) is 5.93. The molecule has 5 nitrogen and oxygen atoms in total. The standard InChI is InChI=1S/C14H15N3O2/c1-9-7-12(13(14(18)19)10(2)17-9)16-8-11-5-3-4-6-15-11/h3-7H,8H2,1-2H3,(H,16,17)(H,18,19). The molecule has 0 atom stereocenters. The number of anilines is 1. The number of rotatable bonds is 4. The predicted octanol–water partition coefficient (Wildman–Crippen LogP) is 2.40. The molecule has 2 aromatic heterocycles. The molecular formula is C14H15N3O2. The molecule has 2 aromatic rings. The lowest BCUT2D eigenvalue weighted by Gasteiger charge is -2.12. The molecule has 0 amide bonds. The summed E-state index contributed by atoms with van der Waals surface area (Å²) in [7, 11) is 0. The van der Waals surface area contributed by atoms with Crippen molar-refractivity contribution in [2.75, 3.05) is 5.32 Å². The average molecular weight is 257 g/mol. The van der Waals surface area contributed by atoms with E-state index in [0.29, 0.717) is 17.9 Å². The highest BCUT2D eigenvalue weighted by Gasteiger charge is 2.15. The van der Waals surface area contributed by atoms with E-state index < -0.39 is 5.97 Å². The highest BCUT2D eigenvalue weighted by molar-refractivity contribution is 5.95. The molecule has 0 spiro atoms. The smallest absolute Gasteiger partial charge is 0.339 e. The molecule has 0 saturated carbocycles. The zero-order valence-electron chi connectivity index (χ0n) is 10.8. The van der Waals surface area contributed by atoms with E-state index in [1.807, 2.05) is 25.1 Å². The Bertz CT molecular complexity index is 597. The number of aryl methyl sites for hydroxylation is 2. The maximum atomic E-state index is 11.3. The van der Waals surface area contributed by atoms with E-state index in [2.05, 4.69) is 15.3 Å². The topological polar surface area (TPSA) is 75.1 Å². The fourth-order valence-corrected chi connectivity index (χ4v) is 1.93. The van der Waals surface area contributed by atoms with Gasteiger partial charge in [-0.3, -0.25) is 9.97 Å². The van der Waals surface area contributed by atoms with Crippen LogP contribution >= 0.6 is 0 Å². The Morgan fingerprint density at radius 2 is 2.16 bits per heavy atom. The van der Waals surface area contributed by atoms with Crippen molar-refractivity contribution in [1.82, 2.24) is 9.97 Å². The van der Waals surface area contributed by atoms with Crippen LogP contribution in [-0.4, -0.2) is 21.0 Å². The summed E-state index contributed by atoms with van der Waals surface area (Å²) in [6.45, 7) is 4.01. The second kappa shape index (κ2) is 5.48. The third-order valence-corrected chi connectivity index (χ3v) is 2.73. The minimum absolute atomic E-state index is 0.210. The largest absolute Gasteiger partial charge is 0.478 e. The Hall–Kier alpha value is -2.43. The molecule has 2 heterocycles. The van der Waals surface area contributed by atoms with Crippen molar-refractivity contribution in [2.24, 2.45) is 0 Å². The molecule has 0 bridgehead atoms. The van der Waals surface area contributed by atoms with Crippen LogP contribution in [0.15, 0.2) is 30.5 Å². The molecule has 0 aliphatic heterocycles. The minimum Gasteiger partial charge on any atom is -0.478 e. The molecule has 2 rings (SSSR count). The zero-order chi connectivity index (χ0) is 13.8. The van der Waals surface area contributed by atoms with Crippen LogP contribution in [0.5, 0.6) is 0 Å². The maximum absolute atomic E-state index is 11.3. The molecular weight excluding hydrogens is 242 g/mol. The van der Waals surface area contributed by atoms with Crippen LogP contribution in [0.25, 0.3) is 0 Å². The summed E-state index contributed by atoms with van der Waals surface area (Å²) in [5, 5.41) is 12.3. The first kappa shape index (κ1) is 13.0. The first-order valence-electron chi connectivity index (χ1n) is 5.93. The first-order chi connectivity index (χ1) is 9.08. The van der Waals surface area contributed by atoms with Crippen molar-refractivity contribution in [3.8, 4) is 0 Å². The summed E-state index contributed by atoms with van der Waals surface area (Å²) in [5.41, 5.74) is 2.93. The Balaban J connectivity index is 2.27. The van der Waals surface area contributed by atoms with Gasteiger partial charge in [-0.1, -0.05) is 6.07 Å². The van der Waals surface area contributed by atoms with E-state index in [-0.39, 0.29) is 5.56 Å². The molecule has 5 heteroatoms. The van der Waals surface area contributed by atoms with Gasteiger partial charge in [-0.2, -0.15) is 0 Å². The minimum atomic E-state index is -0.978. The van der Waals surface area contributed by atoms with Crippen molar-refractivity contribution in [3.63, 3.8) is 0 Å². The number of nitrogens with zero attached hydrogens (tertiary/aromatic N) is 2. The van der Waals surface area contributed by atoms with Gasteiger partial charge in [0.15, 0.2) is 0 Å². The van der Waals surface area contributed by atoms with Gasteiger partial charge in [-0.15, -0.1) is 0 Å². The summed E-state index contributed by atoms with van der Waals surface area (Å²) in [5.74, 6) is -0.978. The van der Waals surface area contributed by atoms with Gasteiger partial charge in [0.05, 0.1) is 23.6 Å². The maximum Gasteiger partial charge on any atom is 0.339 e. The number of carbonyl (C=O) groups is 1. The highest BCUT2D eigenvalue weighted by Crippen LogP contribution is 2.20. The van der Waals surface area contributed by atoms with Crippen LogP contribution in [0.2, 0.25) is 0 Å². The lowest BCUT2D eigenvalue weighted by Crippen LogP contribution is -2.10. The number of aromatic nitrogens is 2. The summed E-state index contributed by atoms with van der Waals surface area (Å²) in [6, 6.07) is 7.35. The number of hydrogen-bond acceptors (Lipinski definition) is 4. The van der Waals surface area contributed by atoms with Crippen LogP contribution in [0, 0.1) is 13.8 Å². The summed E-state index contributed by atoms with van der Waals surface area (Å²) < 4.78 is 0. The molecule has 0 aliphatic rings. The van der Waals surface area contributed by atoms with E-state index in [9.17, 15) is 9.90 Å². The number of aromatic carboxylic acids is 1. The molecule has 0 radical (unpaired) electrons. The lowest BCUT2D eigenvalue weighted by molar-refractivity contribution is 0.0696. The zero-order valence-corrected chi connectivity index (χ0v) is 10.8. The van der Waals surface area contributed by atoms with E-state index in [1.165, 1.54) is 0 Å². The lowest BCUT2D eigenvalue weighted by atomic mass is 10.1. The van der Waals surface area contributed by atoms with Crippen LogP contribution in [-0.2, 0) is 6.54 Å². The molecule has 0 aliphatic carbocycles. The van der Waals surface area contributed by atoms with Gasteiger partial charge >= 0.3 is 5.97 Å².